The van der Waals surface area contributed by atoms with E-state index in [1.54, 1.807) is 6.92 Å². The monoisotopic (exact) mass is 592 g/mol. The van der Waals surface area contributed by atoms with E-state index in [4.69, 9.17) is 0 Å². The number of rotatable bonds is 6. The average Bonchev–Trinajstić information content (AvgIpc) is 2.90. The molecule has 1 aromatic rings. The molecule has 0 heterocycles. The van der Waals surface area contributed by atoms with Crippen LogP contribution in [0.5, 0.6) is 5.75 Å². The first-order valence-electron chi connectivity index (χ1n) is 16.1. The molecule has 0 spiro atoms. The van der Waals surface area contributed by atoms with Crippen molar-refractivity contribution in [3.63, 3.8) is 0 Å². The van der Waals surface area contributed by atoms with Gasteiger partial charge < -0.3 is 20.4 Å². The molecule has 5 rings (SSSR count). The third-order valence-corrected chi connectivity index (χ3v) is 11.3. The fraction of sp³-hybridized carbons (Fsp3) is 0.639. The Morgan fingerprint density at radius 3 is 2.21 bits per heavy atom. The van der Waals surface area contributed by atoms with Crippen LogP contribution in [0.4, 0.5) is 0 Å². The number of phenolic OH excluding ortho intramolecular Hbond substituents is 1. The summed E-state index contributed by atoms with van der Waals surface area (Å²) >= 11 is 0. The van der Waals surface area contributed by atoms with Crippen molar-refractivity contribution in [2.24, 2.45) is 28.6 Å². The second-order valence-corrected chi connectivity index (χ2v) is 15.0. The zero-order valence-corrected chi connectivity index (χ0v) is 26.8. The van der Waals surface area contributed by atoms with Crippen LogP contribution in [0.25, 0.3) is 5.76 Å². The third-order valence-electron chi connectivity index (χ3n) is 11.3. The number of benzene rings is 1. The van der Waals surface area contributed by atoms with Crippen molar-refractivity contribution in [1.29, 1.82) is 0 Å². The van der Waals surface area contributed by atoms with Gasteiger partial charge in [0.05, 0.1) is 5.56 Å². The van der Waals surface area contributed by atoms with E-state index >= 15 is 0 Å². The van der Waals surface area contributed by atoms with E-state index in [0.717, 1.165) is 30.0 Å². The van der Waals surface area contributed by atoms with Crippen LogP contribution in [0.15, 0.2) is 23.0 Å². The van der Waals surface area contributed by atoms with Gasteiger partial charge in [-0.15, -0.1) is 0 Å². The Morgan fingerprint density at radius 2 is 1.65 bits per heavy atom. The van der Waals surface area contributed by atoms with Gasteiger partial charge in [0, 0.05) is 22.3 Å². The van der Waals surface area contributed by atoms with Crippen LogP contribution in [-0.4, -0.2) is 43.4 Å². The van der Waals surface area contributed by atoms with Gasteiger partial charge in [0.25, 0.3) is 0 Å². The number of ketones is 3. The van der Waals surface area contributed by atoms with Crippen molar-refractivity contribution < 1.29 is 34.8 Å². The molecule has 7 nitrogen and oxygen atoms in total. The molecule has 4 aliphatic carbocycles. The second kappa shape index (κ2) is 10.6. The predicted octanol–water partition coefficient (Wildman–Crippen LogP) is 6.83. The highest BCUT2D eigenvalue weighted by Gasteiger charge is 2.72. The minimum Gasteiger partial charge on any atom is -0.508 e. The summed E-state index contributed by atoms with van der Waals surface area (Å²) in [5.41, 5.74) is -2.94. The van der Waals surface area contributed by atoms with Gasteiger partial charge in [-0.2, -0.15) is 0 Å². The van der Waals surface area contributed by atoms with Crippen LogP contribution < -0.4 is 0 Å². The Bertz CT molecular complexity index is 1460. The highest BCUT2D eigenvalue weighted by molar-refractivity contribution is 6.24. The average molecular weight is 593 g/mol. The number of allylic oxidation sites excluding steroid dienone is 1. The van der Waals surface area contributed by atoms with E-state index in [0.29, 0.717) is 18.8 Å². The highest BCUT2D eigenvalue weighted by Crippen LogP contribution is 2.65. The van der Waals surface area contributed by atoms with E-state index in [1.807, 2.05) is 20.8 Å². The van der Waals surface area contributed by atoms with Crippen LogP contribution in [0, 0.1) is 28.6 Å². The third kappa shape index (κ3) is 4.43. The molecule has 43 heavy (non-hydrogen) atoms. The zero-order valence-electron chi connectivity index (χ0n) is 26.8. The first-order valence-corrected chi connectivity index (χ1v) is 16.1. The molecule has 0 radical (unpaired) electrons. The molecule has 0 saturated heterocycles. The molecule has 0 aliphatic heterocycles. The van der Waals surface area contributed by atoms with Gasteiger partial charge in [-0.3, -0.25) is 14.4 Å². The quantitative estimate of drug-likeness (QED) is 0.266. The molecule has 4 N–H and O–H groups in total. The lowest BCUT2D eigenvalue weighted by Crippen LogP contribution is -2.69. The van der Waals surface area contributed by atoms with Crippen LogP contribution >= 0.6 is 0 Å². The van der Waals surface area contributed by atoms with Gasteiger partial charge in [0.1, 0.15) is 22.8 Å². The van der Waals surface area contributed by atoms with E-state index < -0.39 is 56.8 Å². The molecular formula is C36H48O7. The van der Waals surface area contributed by atoms with Crippen molar-refractivity contribution in [3.8, 4) is 5.75 Å². The molecule has 0 aromatic heterocycles. The van der Waals surface area contributed by atoms with Crippen LogP contribution in [0.1, 0.15) is 122 Å². The number of phenols is 1. The number of carbonyl (C=O) groups excluding carboxylic acids is 3. The molecule has 0 bridgehead atoms. The molecule has 234 valence electrons. The number of aliphatic hydroxyl groups is 3. The number of fused-ring (bicyclic) bond motifs is 3. The van der Waals surface area contributed by atoms with E-state index in [2.05, 4.69) is 19.9 Å². The number of Topliss-reactive ketones (excluding diaryl/α,β-unsaturated/α-hetero) is 3. The van der Waals surface area contributed by atoms with Gasteiger partial charge in [-0.25, -0.2) is 0 Å². The first-order chi connectivity index (χ1) is 20.0. The van der Waals surface area contributed by atoms with Crippen molar-refractivity contribution >= 4 is 23.1 Å². The van der Waals surface area contributed by atoms with Crippen LogP contribution in [-0.2, 0) is 27.2 Å². The maximum absolute atomic E-state index is 14.6. The van der Waals surface area contributed by atoms with Gasteiger partial charge in [-0.05, 0) is 67.1 Å². The fourth-order valence-electron chi connectivity index (χ4n) is 9.41. The number of aromatic hydroxyl groups is 1. The molecule has 2 saturated carbocycles. The largest absolute Gasteiger partial charge is 0.508 e. The van der Waals surface area contributed by atoms with E-state index in [-0.39, 0.29) is 35.1 Å². The second-order valence-electron chi connectivity index (χ2n) is 15.0. The summed E-state index contributed by atoms with van der Waals surface area (Å²) in [7, 11) is 0. The lowest BCUT2D eigenvalue weighted by Gasteiger charge is -2.60. The Morgan fingerprint density at radius 1 is 1.02 bits per heavy atom. The van der Waals surface area contributed by atoms with Gasteiger partial charge in [0.2, 0.25) is 5.78 Å². The Balaban J connectivity index is 1.72. The van der Waals surface area contributed by atoms with Crippen molar-refractivity contribution in [3.05, 3.63) is 45.2 Å². The molecule has 1 unspecified atom stereocenters. The highest BCUT2D eigenvalue weighted by atomic mass is 16.3. The Hall–Kier alpha value is -2.93. The Kier molecular flexibility index (Phi) is 7.77. The minimum atomic E-state index is -2.59. The van der Waals surface area contributed by atoms with Crippen molar-refractivity contribution in [2.45, 2.75) is 118 Å². The molecule has 0 amide bonds. The summed E-state index contributed by atoms with van der Waals surface area (Å²) < 4.78 is 0. The zero-order chi connectivity index (χ0) is 31.8. The molecule has 4 atom stereocenters. The summed E-state index contributed by atoms with van der Waals surface area (Å²) in [6.07, 6.45) is 8.09. The maximum atomic E-state index is 14.6. The number of aliphatic hydroxyl groups excluding tert-OH is 2. The smallest absolute Gasteiger partial charge is 0.203 e. The van der Waals surface area contributed by atoms with E-state index in [1.165, 1.54) is 32.1 Å². The Labute approximate surface area is 255 Å². The van der Waals surface area contributed by atoms with E-state index in [9.17, 15) is 34.8 Å². The van der Waals surface area contributed by atoms with Gasteiger partial charge >= 0.3 is 0 Å². The number of hydrogen-bond acceptors (Lipinski definition) is 7. The molecule has 4 aliphatic rings. The number of hydrogen-bond donors (Lipinski definition) is 4. The standard InChI is InChI=1S/C36H48O7/c1-18(2)23-15-22(14-13-21-11-9-8-10-12-21)29(38)26-24(23)16-34(6)17-35(7)27(19(3)4)30(39)25(20(5)37)32(41)36(35,43)33(42)28(34)31(26)40/h15,18-19,21,27,38,40-41,43H,8-14,16-17H2,1-7H3/t27?,34-,35-,36+/m1/s1. The normalized spacial score (nSPS) is 31.4. The summed E-state index contributed by atoms with van der Waals surface area (Å²) in [6.45, 7) is 12.4. The number of carbonyl (C=O) groups is 3. The molecular weight excluding hydrogens is 544 g/mol. The summed E-state index contributed by atoms with van der Waals surface area (Å²) in [5.74, 6) is -4.16. The van der Waals surface area contributed by atoms with Crippen LogP contribution in [0.3, 0.4) is 0 Å². The van der Waals surface area contributed by atoms with Gasteiger partial charge in [0.15, 0.2) is 17.2 Å². The molecule has 2 fully saturated rings. The fourth-order valence-corrected chi connectivity index (χ4v) is 9.41. The van der Waals surface area contributed by atoms with Gasteiger partial charge in [-0.1, -0.05) is 79.7 Å². The van der Waals surface area contributed by atoms with Crippen LogP contribution in [0.2, 0.25) is 0 Å². The minimum absolute atomic E-state index is 0.0431. The summed E-state index contributed by atoms with van der Waals surface area (Å²) in [4.78, 5) is 40.9. The van der Waals surface area contributed by atoms with Crippen molar-refractivity contribution in [1.82, 2.24) is 0 Å². The summed E-state index contributed by atoms with van der Waals surface area (Å²) in [6, 6.07) is 2.06. The maximum Gasteiger partial charge on any atom is 0.203 e. The topological polar surface area (TPSA) is 132 Å². The lowest BCUT2D eigenvalue weighted by atomic mass is 9.43. The molecule has 1 aromatic carbocycles. The molecule has 7 heteroatoms. The summed E-state index contributed by atoms with van der Waals surface area (Å²) in [5, 5.41) is 47.3. The lowest BCUT2D eigenvalue weighted by molar-refractivity contribution is -0.178. The number of aryl methyl sites for hydroxylation is 1. The SMILES string of the molecule is CC(=O)C1=C(O)[C@]2(O)C(=O)C3=C(O)c4c(O)c(CCC5CCCCC5)cc(C(C)C)c4C[C@]3(C)C[C@]2(C)C(C(C)C)C1=O. The van der Waals surface area contributed by atoms with Crippen molar-refractivity contribution in [2.75, 3.05) is 0 Å². The predicted molar refractivity (Wildman–Crippen MR) is 165 cm³/mol. The first kappa shape index (κ1) is 31.5.